The number of ketones is 2. The summed E-state index contributed by atoms with van der Waals surface area (Å²) in [5.74, 6) is -1.80. The molecule has 8 atom stereocenters. The molecule has 0 amide bonds. The molecular weight excluding hydrogens is 479 g/mol. The Labute approximate surface area is 210 Å². The largest absolute Gasteiger partial charge is 0.458 e. The molecular formula is C26H32Cl2O6. The quantitative estimate of drug-likeness (QED) is 0.410. The zero-order chi connectivity index (χ0) is 24.9. The molecule has 5 rings (SSSR count). The lowest BCUT2D eigenvalue weighted by atomic mass is 9.46. The first-order valence-corrected chi connectivity index (χ1v) is 12.8. The molecule has 4 fully saturated rings. The van der Waals surface area contributed by atoms with Crippen molar-refractivity contribution >= 4 is 40.7 Å². The Morgan fingerprint density at radius 3 is 2.59 bits per heavy atom. The summed E-state index contributed by atoms with van der Waals surface area (Å²) in [5.41, 5.74) is -1.48. The standard InChI is InChI=1S/C26H32Cl2O6/c1-14(29)32-13-20(31)26-21(33-22(2,3)34-26)11-18-17-7-6-15-10-16(30)8-9-23(15,4)25(17,28)19(27)12-24(18,26)5/h8-10,17-19,21H,6-7,11-13H2,1-5H3/t17-,18-,19-,21+,23-,24-,25-,26+/m0/s1. The van der Waals surface area contributed by atoms with Gasteiger partial charge in [0.2, 0.25) is 5.78 Å². The number of alkyl halides is 2. The first-order valence-electron chi connectivity index (χ1n) is 12.0. The third-order valence-corrected chi connectivity index (χ3v) is 11.0. The average Bonchev–Trinajstić information content (AvgIpc) is 3.14. The lowest BCUT2D eigenvalue weighted by molar-refractivity contribution is -0.213. The molecule has 0 aromatic carbocycles. The van der Waals surface area contributed by atoms with Crippen molar-refractivity contribution in [2.45, 2.75) is 88.0 Å². The summed E-state index contributed by atoms with van der Waals surface area (Å²) < 4.78 is 17.9. The van der Waals surface area contributed by atoms with Crippen LogP contribution < -0.4 is 0 Å². The summed E-state index contributed by atoms with van der Waals surface area (Å²) in [7, 11) is 0. The Morgan fingerprint density at radius 1 is 1.21 bits per heavy atom. The van der Waals surface area contributed by atoms with E-state index in [0.717, 1.165) is 18.4 Å². The van der Waals surface area contributed by atoms with Gasteiger partial charge in [-0.25, -0.2) is 0 Å². The number of ether oxygens (including phenoxy) is 3. The van der Waals surface area contributed by atoms with Crippen LogP contribution in [0.1, 0.15) is 60.3 Å². The van der Waals surface area contributed by atoms with Crippen molar-refractivity contribution in [2.24, 2.45) is 22.7 Å². The SMILES string of the molecule is CC(=O)OCC(=O)[C@@]12OC(C)(C)O[C@@H]1C[C@H]1[C@@H]3CCC4=CC(=O)C=C[C@]4(C)[C@@]3(Cl)[C@@H](Cl)C[C@@]12C. The van der Waals surface area contributed by atoms with Crippen molar-refractivity contribution in [1.29, 1.82) is 0 Å². The predicted octanol–water partition coefficient (Wildman–Crippen LogP) is 4.51. The van der Waals surface area contributed by atoms with Gasteiger partial charge in [-0.05, 0) is 63.5 Å². The number of hydrogen-bond donors (Lipinski definition) is 0. The molecule has 8 heteroatoms. The molecule has 0 radical (unpaired) electrons. The summed E-state index contributed by atoms with van der Waals surface area (Å²) in [6.45, 7) is 8.66. The van der Waals surface area contributed by atoms with Crippen molar-refractivity contribution in [3.8, 4) is 0 Å². The van der Waals surface area contributed by atoms with Gasteiger partial charge >= 0.3 is 5.97 Å². The topological polar surface area (TPSA) is 78.9 Å². The molecule has 3 saturated carbocycles. The fraction of sp³-hybridized carbons (Fsp3) is 0.731. The second-order valence-corrected chi connectivity index (χ2v) is 12.7. The van der Waals surface area contributed by atoms with E-state index in [9.17, 15) is 14.4 Å². The zero-order valence-electron chi connectivity index (χ0n) is 20.3. The number of Topliss-reactive ketones (excluding diaryl/α,β-unsaturated/α-hetero) is 1. The van der Waals surface area contributed by atoms with E-state index in [-0.39, 0.29) is 30.0 Å². The molecule has 0 aromatic rings. The number of hydrogen-bond acceptors (Lipinski definition) is 6. The normalized spacial score (nSPS) is 48.3. The summed E-state index contributed by atoms with van der Waals surface area (Å²) in [6.07, 6.45) is 7.29. The summed E-state index contributed by atoms with van der Waals surface area (Å²) in [4.78, 5) is 36.5. The van der Waals surface area contributed by atoms with Gasteiger partial charge in [-0.1, -0.05) is 25.5 Å². The van der Waals surface area contributed by atoms with Gasteiger partial charge < -0.3 is 14.2 Å². The minimum absolute atomic E-state index is 0.00628. The molecule has 34 heavy (non-hydrogen) atoms. The van der Waals surface area contributed by atoms with E-state index in [1.54, 1.807) is 26.0 Å². The molecule has 0 N–H and O–H groups in total. The van der Waals surface area contributed by atoms with E-state index in [2.05, 4.69) is 13.8 Å². The molecule has 1 heterocycles. The van der Waals surface area contributed by atoms with Gasteiger partial charge in [0.05, 0.1) is 16.4 Å². The third kappa shape index (κ3) is 2.92. The first-order chi connectivity index (χ1) is 15.7. The Hall–Kier alpha value is -1.21. The van der Waals surface area contributed by atoms with E-state index in [1.165, 1.54) is 6.92 Å². The number of fused-ring (bicyclic) bond motifs is 7. The van der Waals surface area contributed by atoms with Crippen LogP contribution in [0.4, 0.5) is 0 Å². The van der Waals surface area contributed by atoms with Crippen molar-refractivity contribution in [3.05, 3.63) is 23.8 Å². The molecule has 0 spiro atoms. The molecule has 1 aliphatic heterocycles. The minimum Gasteiger partial charge on any atom is -0.458 e. The van der Waals surface area contributed by atoms with Crippen molar-refractivity contribution in [3.63, 3.8) is 0 Å². The van der Waals surface area contributed by atoms with Crippen LogP contribution in [0.25, 0.3) is 0 Å². The maximum absolute atomic E-state index is 13.8. The maximum atomic E-state index is 13.8. The summed E-state index contributed by atoms with van der Waals surface area (Å²) >= 11 is 14.8. The van der Waals surface area contributed by atoms with Gasteiger partial charge in [-0.15, -0.1) is 23.2 Å². The lowest BCUT2D eigenvalue weighted by Gasteiger charge is -2.64. The highest BCUT2D eigenvalue weighted by Crippen LogP contribution is 2.73. The molecule has 6 nitrogen and oxygen atoms in total. The van der Waals surface area contributed by atoms with E-state index < -0.39 is 44.5 Å². The van der Waals surface area contributed by atoms with E-state index >= 15 is 0 Å². The Balaban J connectivity index is 1.60. The van der Waals surface area contributed by atoms with Crippen LogP contribution in [0, 0.1) is 22.7 Å². The van der Waals surface area contributed by atoms with Crippen LogP contribution >= 0.6 is 23.2 Å². The molecule has 0 bridgehead atoms. The number of carbonyl (C=O) groups excluding carboxylic acids is 3. The minimum atomic E-state index is -1.28. The molecule has 186 valence electrons. The van der Waals surface area contributed by atoms with Crippen molar-refractivity contribution in [2.75, 3.05) is 6.61 Å². The van der Waals surface area contributed by atoms with Crippen LogP contribution in [-0.4, -0.2) is 51.9 Å². The maximum Gasteiger partial charge on any atom is 0.303 e. The van der Waals surface area contributed by atoms with Crippen LogP contribution in [0.3, 0.4) is 0 Å². The van der Waals surface area contributed by atoms with Crippen molar-refractivity contribution in [1.82, 2.24) is 0 Å². The van der Waals surface area contributed by atoms with Gasteiger partial charge in [0, 0.05) is 17.8 Å². The van der Waals surface area contributed by atoms with Gasteiger partial charge in [-0.3, -0.25) is 14.4 Å². The smallest absolute Gasteiger partial charge is 0.303 e. The monoisotopic (exact) mass is 510 g/mol. The Morgan fingerprint density at radius 2 is 1.91 bits per heavy atom. The fourth-order valence-corrected chi connectivity index (χ4v) is 9.25. The average molecular weight is 511 g/mol. The number of rotatable bonds is 3. The zero-order valence-corrected chi connectivity index (χ0v) is 21.8. The summed E-state index contributed by atoms with van der Waals surface area (Å²) in [6, 6.07) is 0. The number of allylic oxidation sites excluding steroid dienone is 4. The van der Waals surface area contributed by atoms with Gasteiger partial charge in [-0.2, -0.15) is 0 Å². The predicted molar refractivity (Wildman–Crippen MR) is 127 cm³/mol. The van der Waals surface area contributed by atoms with Gasteiger partial charge in [0.1, 0.15) is 0 Å². The third-order valence-electron chi connectivity index (χ3n) is 9.41. The van der Waals surface area contributed by atoms with E-state index in [0.29, 0.717) is 12.8 Å². The van der Waals surface area contributed by atoms with E-state index in [4.69, 9.17) is 37.4 Å². The van der Waals surface area contributed by atoms with Crippen LogP contribution in [0.2, 0.25) is 0 Å². The number of carbonyl (C=O) groups is 3. The van der Waals surface area contributed by atoms with Crippen LogP contribution in [0.15, 0.2) is 23.8 Å². The summed E-state index contributed by atoms with van der Waals surface area (Å²) in [5, 5.41) is -0.489. The van der Waals surface area contributed by atoms with Crippen LogP contribution in [0.5, 0.6) is 0 Å². The second kappa shape index (κ2) is 7.41. The molecule has 4 aliphatic carbocycles. The van der Waals surface area contributed by atoms with E-state index in [1.807, 2.05) is 6.08 Å². The molecule has 0 aromatic heterocycles. The highest BCUT2D eigenvalue weighted by Gasteiger charge is 2.79. The molecule has 5 aliphatic rings. The molecule has 1 saturated heterocycles. The fourth-order valence-electron chi connectivity index (χ4n) is 8.02. The second-order valence-electron chi connectivity index (χ2n) is 11.5. The number of halogens is 2. The van der Waals surface area contributed by atoms with Crippen LogP contribution in [-0.2, 0) is 28.6 Å². The molecule has 0 unspecified atom stereocenters. The Bertz CT molecular complexity index is 1030. The Kier molecular flexibility index (Phi) is 5.33. The highest BCUT2D eigenvalue weighted by atomic mass is 35.5. The van der Waals surface area contributed by atoms with Crippen molar-refractivity contribution < 1.29 is 28.6 Å². The number of esters is 1. The first kappa shape index (κ1) is 24.5. The van der Waals surface area contributed by atoms with Gasteiger partial charge in [0.15, 0.2) is 23.8 Å². The van der Waals surface area contributed by atoms with Gasteiger partial charge in [0.25, 0.3) is 0 Å². The highest BCUT2D eigenvalue weighted by molar-refractivity contribution is 6.34. The lowest BCUT2D eigenvalue weighted by Crippen LogP contribution is -2.68.